The highest BCUT2D eigenvalue weighted by Crippen LogP contribution is 2.23. The summed E-state index contributed by atoms with van der Waals surface area (Å²) in [6.45, 7) is 1.65. The maximum absolute atomic E-state index is 13.8. The molecule has 1 aromatic carbocycles. The summed E-state index contributed by atoms with van der Waals surface area (Å²) in [6.07, 6.45) is 3.13. The fourth-order valence-corrected chi connectivity index (χ4v) is 3.25. The Hall–Kier alpha value is -1.50. The molecule has 1 N–H and O–H groups in total. The first-order valence-electron chi connectivity index (χ1n) is 5.78. The van der Waals surface area contributed by atoms with Crippen LogP contribution in [-0.4, -0.2) is 13.4 Å². The maximum atomic E-state index is 13.8. The number of rotatable bonds is 4. The lowest BCUT2D eigenvalue weighted by atomic mass is 10.2. The van der Waals surface area contributed by atoms with E-state index in [4.69, 9.17) is 11.6 Å². The second-order valence-electron chi connectivity index (χ2n) is 4.18. The van der Waals surface area contributed by atoms with E-state index in [9.17, 15) is 12.8 Å². The number of pyridine rings is 1. The molecule has 1 unspecified atom stereocenters. The number of hydrogen-bond acceptors (Lipinski definition) is 3. The molecule has 106 valence electrons. The second-order valence-corrected chi connectivity index (χ2v) is 6.27. The van der Waals surface area contributed by atoms with Crippen molar-refractivity contribution in [3.63, 3.8) is 0 Å². The van der Waals surface area contributed by atoms with Crippen molar-refractivity contribution in [1.82, 2.24) is 9.71 Å². The maximum Gasteiger partial charge on any atom is 0.244 e. The van der Waals surface area contributed by atoms with Crippen LogP contribution in [0.3, 0.4) is 0 Å². The van der Waals surface area contributed by atoms with Crippen molar-refractivity contribution in [2.75, 3.05) is 0 Å². The molecule has 2 rings (SSSR count). The molecule has 4 nitrogen and oxygen atoms in total. The van der Waals surface area contributed by atoms with Crippen LogP contribution in [0.25, 0.3) is 0 Å². The smallest absolute Gasteiger partial charge is 0.244 e. The molecule has 0 spiro atoms. The molecule has 0 bridgehead atoms. The number of hydrogen-bond donors (Lipinski definition) is 1. The van der Waals surface area contributed by atoms with Crippen LogP contribution in [0.5, 0.6) is 0 Å². The van der Waals surface area contributed by atoms with Gasteiger partial charge in [-0.05, 0) is 30.7 Å². The molecule has 2 aromatic rings. The topological polar surface area (TPSA) is 59.1 Å². The van der Waals surface area contributed by atoms with Crippen molar-refractivity contribution in [1.29, 1.82) is 0 Å². The van der Waals surface area contributed by atoms with E-state index in [2.05, 4.69) is 9.71 Å². The Labute approximate surface area is 121 Å². The first-order valence-corrected chi connectivity index (χ1v) is 7.64. The third-order valence-electron chi connectivity index (χ3n) is 2.72. The SMILES string of the molecule is CC(NS(=O)(=O)c1cccc(Cl)c1F)c1cccnc1. The number of nitrogens with one attached hydrogen (secondary N) is 1. The molecule has 0 aliphatic heterocycles. The van der Waals surface area contributed by atoms with E-state index in [0.29, 0.717) is 5.56 Å². The third-order valence-corrected chi connectivity index (χ3v) is 4.57. The van der Waals surface area contributed by atoms with Crippen LogP contribution in [0.2, 0.25) is 5.02 Å². The van der Waals surface area contributed by atoms with Gasteiger partial charge in [0.2, 0.25) is 10.0 Å². The Morgan fingerprint density at radius 2 is 2.05 bits per heavy atom. The van der Waals surface area contributed by atoms with E-state index in [1.54, 1.807) is 31.5 Å². The summed E-state index contributed by atoms with van der Waals surface area (Å²) in [7, 11) is -4.00. The molecule has 0 fully saturated rings. The van der Waals surface area contributed by atoms with E-state index in [0.717, 1.165) is 0 Å². The van der Waals surface area contributed by atoms with Gasteiger partial charge in [0.1, 0.15) is 4.90 Å². The van der Waals surface area contributed by atoms with E-state index >= 15 is 0 Å². The van der Waals surface area contributed by atoms with Crippen LogP contribution in [0.4, 0.5) is 4.39 Å². The average molecular weight is 315 g/mol. The van der Waals surface area contributed by atoms with Crippen molar-refractivity contribution in [2.45, 2.75) is 17.9 Å². The first-order chi connectivity index (χ1) is 9.42. The van der Waals surface area contributed by atoms with Crippen LogP contribution in [-0.2, 0) is 10.0 Å². The van der Waals surface area contributed by atoms with Gasteiger partial charge in [0.15, 0.2) is 5.82 Å². The number of benzene rings is 1. The van der Waals surface area contributed by atoms with E-state index in [1.165, 1.54) is 18.2 Å². The molecule has 1 atom stereocenters. The Morgan fingerprint density at radius 3 is 2.70 bits per heavy atom. The van der Waals surface area contributed by atoms with Gasteiger partial charge >= 0.3 is 0 Å². The van der Waals surface area contributed by atoms with Gasteiger partial charge in [0, 0.05) is 18.4 Å². The zero-order valence-corrected chi connectivity index (χ0v) is 12.1. The summed E-state index contributed by atoms with van der Waals surface area (Å²) in [5, 5.41) is -0.234. The highest BCUT2D eigenvalue weighted by molar-refractivity contribution is 7.89. The van der Waals surface area contributed by atoms with Crippen molar-refractivity contribution in [3.8, 4) is 0 Å². The van der Waals surface area contributed by atoms with Crippen molar-refractivity contribution in [3.05, 3.63) is 59.1 Å². The Morgan fingerprint density at radius 1 is 1.30 bits per heavy atom. The Bertz CT molecular complexity index is 708. The molecule has 7 heteroatoms. The van der Waals surface area contributed by atoms with Gasteiger partial charge in [0.25, 0.3) is 0 Å². The van der Waals surface area contributed by atoms with Gasteiger partial charge in [-0.2, -0.15) is 0 Å². The zero-order valence-electron chi connectivity index (χ0n) is 10.5. The van der Waals surface area contributed by atoms with Gasteiger partial charge in [-0.1, -0.05) is 23.7 Å². The summed E-state index contributed by atoms with van der Waals surface area (Å²) in [5.74, 6) is -0.958. The number of halogens is 2. The molecular formula is C13H12ClFN2O2S. The van der Waals surface area contributed by atoms with Crippen LogP contribution in [0.1, 0.15) is 18.5 Å². The van der Waals surface area contributed by atoms with E-state index in [-0.39, 0.29) is 5.02 Å². The molecule has 1 aromatic heterocycles. The third kappa shape index (κ3) is 3.15. The molecule has 1 heterocycles. The van der Waals surface area contributed by atoms with Crippen molar-refractivity contribution >= 4 is 21.6 Å². The summed E-state index contributed by atoms with van der Waals surface area (Å²) in [5.41, 5.74) is 0.679. The molecule has 0 amide bonds. The minimum Gasteiger partial charge on any atom is -0.264 e. The van der Waals surface area contributed by atoms with E-state index < -0.39 is 26.8 Å². The molecule has 0 saturated carbocycles. The van der Waals surface area contributed by atoms with Crippen LogP contribution < -0.4 is 4.72 Å². The van der Waals surface area contributed by atoms with Crippen LogP contribution in [0.15, 0.2) is 47.6 Å². The van der Waals surface area contributed by atoms with Gasteiger partial charge in [-0.3, -0.25) is 4.98 Å². The Balaban J connectivity index is 2.30. The predicted octanol–water partition coefficient (Wildman–Crippen LogP) is 2.91. The van der Waals surface area contributed by atoms with Gasteiger partial charge in [-0.15, -0.1) is 0 Å². The second kappa shape index (κ2) is 5.87. The summed E-state index contributed by atoms with van der Waals surface area (Å²) in [4.78, 5) is 3.44. The molecule has 20 heavy (non-hydrogen) atoms. The molecule has 0 radical (unpaired) electrons. The van der Waals surface area contributed by atoms with Crippen molar-refractivity contribution in [2.24, 2.45) is 0 Å². The fourth-order valence-electron chi connectivity index (χ4n) is 1.69. The van der Waals surface area contributed by atoms with Gasteiger partial charge in [-0.25, -0.2) is 17.5 Å². The highest BCUT2D eigenvalue weighted by atomic mass is 35.5. The number of nitrogens with zero attached hydrogens (tertiary/aromatic N) is 1. The van der Waals surface area contributed by atoms with Crippen molar-refractivity contribution < 1.29 is 12.8 Å². The normalized spacial score (nSPS) is 13.2. The monoisotopic (exact) mass is 314 g/mol. The summed E-state index contributed by atoms with van der Waals surface area (Å²) in [6, 6.07) is 6.73. The standard InChI is InChI=1S/C13H12ClFN2O2S/c1-9(10-4-3-7-16-8-10)17-20(18,19)12-6-2-5-11(14)13(12)15/h2-9,17H,1H3. The Kier molecular flexibility index (Phi) is 4.37. The predicted molar refractivity (Wildman–Crippen MR) is 74.4 cm³/mol. The quantitative estimate of drug-likeness (QED) is 0.944. The molecule has 0 aliphatic rings. The summed E-state index contributed by atoms with van der Waals surface area (Å²) >= 11 is 5.60. The minimum absolute atomic E-state index is 0.234. The first kappa shape index (κ1) is 14.9. The van der Waals surface area contributed by atoms with Crippen LogP contribution in [0, 0.1) is 5.82 Å². The number of aromatic nitrogens is 1. The average Bonchev–Trinajstić information content (AvgIpc) is 2.42. The lowest BCUT2D eigenvalue weighted by molar-refractivity contribution is 0.547. The minimum atomic E-state index is -4.00. The van der Waals surface area contributed by atoms with E-state index in [1.807, 2.05) is 0 Å². The molecule has 0 aliphatic carbocycles. The number of sulfonamides is 1. The summed E-state index contributed by atoms with van der Waals surface area (Å²) < 4.78 is 40.5. The largest absolute Gasteiger partial charge is 0.264 e. The lowest BCUT2D eigenvalue weighted by Crippen LogP contribution is -2.27. The highest BCUT2D eigenvalue weighted by Gasteiger charge is 2.23. The van der Waals surface area contributed by atoms with Gasteiger partial charge in [0.05, 0.1) is 5.02 Å². The van der Waals surface area contributed by atoms with Gasteiger partial charge < -0.3 is 0 Å². The molecular weight excluding hydrogens is 303 g/mol. The van der Waals surface area contributed by atoms with Crippen LogP contribution >= 0.6 is 11.6 Å². The fraction of sp³-hybridized carbons (Fsp3) is 0.154. The zero-order chi connectivity index (χ0) is 14.8. The molecule has 0 saturated heterocycles. The lowest BCUT2D eigenvalue weighted by Gasteiger charge is -2.14.